The molecule has 0 aliphatic heterocycles. The van der Waals surface area contributed by atoms with Crippen LogP contribution in [0.3, 0.4) is 0 Å². The summed E-state index contributed by atoms with van der Waals surface area (Å²) >= 11 is 1.66. The molecule has 1 aliphatic carbocycles. The Kier molecular flexibility index (Phi) is 5.57. The SMILES string of the molecule is COc1ccc(OC)c(COc2ccc(-c3nc4sc5c(c4c(=O)[nH]3)CCCC5)cc2)c1. The highest BCUT2D eigenvalue weighted by atomic mass is 32.1. The Morgan fingerprint density at radius 2 is 1.78 bits per heavy atom. The molecule has 0 fully saturated rings. The van der Waals surface area contributed by atoms with E-state index in [0.29, 0.717) is 18.2 Å². The number of aromatic amines is 1. The van der Waals surface area contributed by atoms with E-state index in [1.807, 2.05) is 42.5 Å². The van der Waals surface area contributed by atoms with Crippen molar-refractivity contribution in [2.45, 2.75) is 32.3 Å². The molecular formula is C25H24N2O4S. The number of hydrogen-bond donors (Lipinski definition) is 1. The fourth-order valence-electron chi connectivity index (χ4n) is 4.17. The second-order valence-corrected chi connectivity index (χ2v) is 8.88. The van der Waals surface area contributed by atoms with Crippen LogP contribution in [0.5, 0.6) is 17.2 Å². The van der Waals surface area contributed by atoms with E-state index < -0.39 is 0 Å². The molecule has 0 bridgehead atoms. The average molecular weight is 449 g/mol. The van der Waals surface area contributed by atoms with Gasteiger partial charge >= 0.3 is 0 Å². The Morgan fingerprint density at radius 3 is 2.56 bits per heavy atom. The predicted octanol–water partition coefficient (Wildman–Crippen LogP) is 5.13. The molecule has 2 aromatic carbocycles. The van der Waals surface area contributed by atoms with Gasteiger partial charge in [-0.3, -0.25) is 4.79 Å². The van der Waals surface area contributed by atoms with E-state index >= 15 is 0 Å². The lowest BCUT2D eigenvalue weighted by molar-refractivity contribution is 0.295. The molecule has 32 heavy (non-hydrogen) atoms. The number of aryl methyl sites for hydroxylation is 2. The lowest BCUT2D eigenvalue weighted by Crippen LogP contribution is -2.11. The Balaban J connectivity index is 1.37. The zero-order valence-corrected chi connectivity index (χ0v) is 18.9. The maximum atomic E-state index is 12.8. The van der Waals surface area contributed by atoms with Gasteiger partial charge in [-0.25, -0.2) is 4.98 Å². The molecule has 4 aromatic rings. The number of rotatable bonds is 6. The Bertz CT molecular complexity index is 1320. The number of aromatic nitrogens is 2. The van der Waals surface area contributed by atoms with Crippen LogP contribution in [0.1, 0.15) is 28.8 Å². The van der Waals surface area contributed by atoms with E-state index in [4.69, 9.17) is 19.2 Å². The topological polar surface area (TPSA) is 73.4 Å². The minimum atomic E-state index is -0.0464. The summed E-state index contributed by atoms with van der Waals surface area (Å²) in [4.78, 5) is 22.7. The van der Waals surface area contributed by atoms with Gasteiger partial charge in [0.25, 0.3) is 5.56 Å². The number of H-pyrrole nitrogens is 1. The molecule has 164 valence electrons. The molecule has 0 radical (unpaired) electrons. The third-order valence-corrected chi connectivity index (χ3v) is 7.02. The number of fused-ring (bicyclic) bond motifs is 3. The van der Waals surface area contributed by atoms with Gasteiger partial charge in [0, 0.05) is 16.0 Å². The van der Waals surface area contributed by atoms with Crippen LogP contribution >= 0.6 is 11.3 Å². The van der Waals surface area contributed by atoms with Gasteiger partial charge in [-0.1, -0.05) is 0 Å². The molecule has 1 aliphatic rings. The van der Waals surface area contributed by atoms with E-state index in [0.717, 1.165) is 52.1 Å². The second kappa shape index (κ2) is 8.67. The first-order valence-electron chi connectivity index (χ1n) is 10.6. The first kappa shape index (κ1) is 20.6. The van der Waals surface area contributed by atoms with Crippen molar-refractivity contribution >= 4 is 21.6 Å². The van der Waals surface area contributed by atoms with Crippen molar-refractivity contribution in [2.24, 2.45) is 0 Å². The standard InChI is InChI=1S/C25H24N2O4S/c1-29-18-11-12-20(30-2)16(13-18)14-31-17-9-7-15(8-10-17)23-26-24(28)22-19-5-3-4-6-21(19)32-25(22)27-23/h7-13H,3-6,14H2,1-2H3,(H,26,27,28). The smallest absolute Gasteiger partial charge is 0.260 e. The fourth-order valence-corrected chi connectivity index (χ4v) is 5.43. The summed E-state index contributed by atoms with van der Waals surface area (Å²) < 4.78 is 16.6. The van der Waals surface area contributed by atoms with Crippen LogP contribution in [0.2, 0.25) is 0 Å². The summed E-state index contributed by atoms with van der Waals surface area (Å²) in [7, 11) is 3.26. The van der Waals surface area contributed by atoms with Crippen molar-refractivity contribution in [2.75, 3.05) is 14.2 Å². The minimum Gasteiger partial charge on any atom is -0.497 e. The number of nitrogens with one attached hydrogen (secondary N) is 1. The van der Waals surface area contributed by atoms with Gasteiger partial charge < -0.3 is 19.2 Å². The summed E-state index contributed by atoms with van der Waals surface area (Å²) in [5.74, 6) is 2.80. The largest absolute Gasteiger partial charge is 0.497 e. The van der Waals surface area contributed by atoms with Crippen LogP contribution in [0, 0.1) is 0 Å². The van der Waals surface area contributed by atoms with E-state index in [-0.39, 0.29) is 5.56 Å². The van der Waals surface area contributed by atoms with Crippen molar-refractivity contribution in [1.29, 1.82) is 0 Å². The Labute approximate surface area is 189 Å². The average Bonchev–Trinajstić information content (AvgIpc) is 3.22. The Morgan fingerprint density at radius 1 is 1.00 bits per heavy atom. The van der Waals surface area contributed by atoms with Crippen LogP contribution in [-0.2, 0) is 19.4 Å². The zero-order valence-electron chi connectivity index (χ0n) is 18.1. The summed E-state index contributed by atoms with van der Waals surface area (Å²) in [6, 6.07) is 13.2. The fraction of sp³-hybridized carbons (Fsp3) is 0.280. The van der Waals surface area contributed by atoms with Gasteiger partial charge in [0.15, 0.2) is 0 Å². The van der Waals surface area contributed by atoms with Crippen molar-refractivity contribution in [1.82, 2.24) is 9.97 Å². The first-order valence-corrected chi connectivity index (χ1v) is 11.5. The molecule has 7 heteroatoms. The number of ether oxygens (including phenoxy) is 3. The molecule has 2 aromatic heterocycles. The number of nitrogens with zero attached hydrogens (tertiary/aromatic N) is 1. The molecular weight excluding hydrogens is 424 g/mol. The quantitative estimate of drug-likeness (QED) is 0.443. The van der Waals surface area contributed by atoms with Crippen LogP contribution < -0.4 is 19.8 Å². The summed E-state index contributed by atoms with van der Waals surface area (Å²) in [5.41, 5.74) is 2.90. The van der Waals surface area contributed by atoms with Crippen molar-refractivity contribution in [3.63, 3.8) is 0 Å². The molecule has 0 amide bonds. The zero-order chi connectivity index (χ0) is 22.1. The van der Waals surface area contributed by atoms with E-state index in [2.05, 4.69) is 4.98 Å². The van der Waals surface area contributed by atoms with Crippen molar-refractivity contribution in [3.05, 3.63) is 68.8 Å². The third kappa shape index (κ3) is 3.84. The molecule has 2 heterocycles. The summed E-state index contributed by atoms with van der Waals surface area (Å²) in [6.07, 6.45) is 4.36. The number of methoxy groups -OCH3 is 2. The van der Waals surface area contributed by atoms with Gasteiger partial charge in [-0.2, -0.15) is 0 Å². The van der Waals surface area contributed by atoms with Gasteiger partial charge in [-0.05, 0) is 73.7 Å². The van der Waals surface area contributed by atoms with Crippen LogP contribution in [-0.4, -0.2) is 24.2 Å². The molecule has 6 nitrogen and oxygen atoms in total. The summed E-state index contributed by atoms with van der Waals surface area (Å²) in [5, 5.41) is 0.778. The van der Waals surface area contributed by atoms with Gasteiger partial charge in [0.2, 0.25) is 0 Å². The molecule has 1 N–H and O–H groups in total. The van der Waals surface area contributed by atoms with E-state index in [1.165, 1.54) is 16.9 Å². The molecule has 0 spiro atoms. The summed E-state index contributed by atoms with van der Waals surface area (Å²) in [6.45, 7) is 0.349. The predicted molar refractivity (Wildman–Crippen MR) is 126 cm³/mol. The van der Waals surface area contributed by atoms with Crippen molar-refractivity contribution < 1.29 is 14.2 Å². The number of hydrogen-bond acceptors (Lipinski definition) is 6. The van der Waals surface area contributed by atoms with Crippen LogP contribution in [0.4, 0.5) is 0 Å². The van der Waals surface area contributed by atoms with Gasteiger partial charge in [0.05, 0.1) is 19.6 Å². The lowest BCUT2D eigenvalue weighted by Gasteiger charge is -2.12. The number of benzene rings is 2. The molecule has 0 saturated heterocycles. The second-order valence-electron chi connectivity index (χ2n) is 7.80. The molecule has 5 rings (SSSR count). The normalized spacial score (nSPS) is 13.1. The minimum absolute atomic E-state index is 0.0464. The van der Waals surface area contributed by atoms with Crippen LogP contribution in [0.25, 0.3) is 21.6 Å². The molecule has 0 saturated carbocycles. The highest BCUT2D eigenvalue weighted by Crippen LogP contribution is 2.34. The highest BCUT2D eigenvalue weighted by Gasteiger charge is 2.20. The Hall–Kier alpha value is -3.32. The molecule has 0 atom stereocenters. The monoisotopic (exact) mass is 448 g/mol. The first-order chi connectivity index (χ1) is 15.7. The van der Waals surface area contributed by atoms with Crippen LogP contribution in [0.15, 0.2) is 47.3 Å². The highest BCUT2D eigenvalue weighted by molar-refractivity contribution is 7.18. The van der Waals surface area contributed by atoms with Crippen molar-refractivity contribution in [3.8, 4) is 28.6 Å². The van der Waals surface area contributed by atoms with Gasteiger partial charge in [-0.15, -0.1) is 11.3 Å². The third-order valence-electron chi connectivity index (χ3n) is 5.83. The maximum Gasteiger partial charge on any atom is 0.260 e. The van der Waals surface area contributed by atoms with E-state index in [1.54, 1.807) is 25.6 Å². The lowest BCUT2D eigenvalue weighted by atomic mass is 9.97. The molecule has 0 unspecified atom stereocenters. The van der Waals surface area contributed by atoms with E-state index in [9.17, 15) is 4.79 Å². The maximum absolute atomic E-state index is 12.8. The number of thiophene rings is 1. The van der Waals surface area contributed by atoms with Gasteiger partial charge in [0.1, 0.15) is 34.5 Å².